The average molecular weight is 199 g/mol. The standard InChI is InChI=1S/C12H25NO/c1-11(2)7-5-10(6-8-11)12(3,9-13)14-4/h10H,5-9,13H2,1-4H3. The predicted octanol–water partition coefficient (Wildman–Crippen LogP) is 2.57. The molecule has 0 amide bonds. The van der Waals surface area contributed by atoms with Crippen molar-refractivity contribution in [3.63, 3.8) is 0 Å². The van der Waals surface area contributed by atoms with Crippen LogP contribution >= 0.6 is 0 Å². The summed E-state index contributed by atoms with van der Waals surface area (Å²) in [6.45, 7) is 7.50. The van der Waals surface area contributed by atoms with Crippen molar-refractivity contribution in [3.8, 4) is 0 Å². The lowest BCUT2D eigenvalue weighted by atomic mass is 9.68. The van der Waals surface area contributed by atoms with E-state index in [1.807, 2.05) is 0 Å². The van der Waals surface area contributed by atoms with Crippen LogP contribution in [0, 0.1) is 11.3 Å². The van der Waals surface area contributed by atoms with Gasteiger partial charge in [-0.15, -0.1) is 0 Å². The molecule has 1 aliphatic rings. The van der Waals surface area contributed by atoms with Crippen molar-refractivity contribution < 1.29 is 4.74 Å². The monoisotopic (exact) mass is 199 g/mol. The fraction of sp³-hybridized carbons (Fsp3) is 1.00. The van der Waals surface area contributed by atoms with Crippen LogP contribution in [-0.4, -0.2) is 19.3 Å². The van der Waals surface area contributed by atoms with Gasteiger partial charge in [-0.3, -0.25) is 0 Å². The first kappa shape index (κ1) is 12.0. The van der Waals surface area contributed by atoms with Gasteiger partial charge in [0, 0.05) is 13.7 Å². The molecule has 2 nitrogen and oxygen atoms in total. The zero-order valence-electron chi connectivity index (χ0n) is 10.1. The molecule has 1 saturated carbocycles. The Labute approximate surface area is 88.2 Å². The quantitative estimate of drug-likeness (QED) is 0.758. The Morgan fingerprint density at radius 2 is 1.86 bits per heavy atom. The van der Waals surface area contributed by atoms with Gasteiger partial charge >= 0.3 is 0 Å². The molecular formula is C12H25NO. The van der Waals surface area contributed by atoms with Crippen molar-refractivity contribution in [3.05, 3.63) is 0 Å². The van der Waals surface area contributed by atoms with Crippen molar-refractivity contribution >= 4 is 0 Å². The highest BCUT2D eigenvalue weighted by Crippen LogP contribution is 2.42. The molecule has 2 heteroatoms. The molecule has 1 unspecified atom stereocenters. The molecule has 0 heterocycles. The molecule has 0 aromatic carbocycles. The zero-order valence-corrected chi connectivity index (χ0v) is 10.1. The maximum atomic E-state index is 5.79. The minimum absolute atomic E-state index is 0.101. The number of ether oxygens (including phenoxy) is 1. The zero-order chi connectivity index (χ0) is 10.8. The Morgan fingerprint density at radius 1 is 1.36 bits per heavy atom. The predicted molar refractivity (Wildman–Crippen MR) is 60.2 cm³/mol. The van der Waals surface area contributed by atoms with E-state index in [2.05, 4.69) is 20.8 Å². The van der Waals surface area contributed by atoms with Crippen molar-refractivity contribution in [2.75, 3.05) is 13.7 Å². The highest BCUT2D eigenvalue weighted by molar-refractivity contribution is 4.90. The Kier molecular flexibility index (Phi) is 3.59. The lowest BCUT2D eigenvalue weighted by molar-refractivity contribution is -0.0575. The second kappa shape index (κ2) is 4.19. The van der Waals surface area contributed by atoms with E-state index < -0.39 is 0 Å². The van der Waals surface area contributed by atoms with E-state index in [0.29, 0.717) is 17.9 Å². The molecule has 2 N–H and O–H groups in total. The van der Waals surface area contributed by atoms with Crippen LogP contribution in [0.4, 0.5) is 0 Å². The Morgan fingerprint density at radius 3 is 2.21 bits per heavy atom. The van der Waals surface area contributed by atoms with Gasteiger partial charge in [0.2, 0.25) is 0 Å². The number of nitrogens with two attached hydrogens (primary N) is 1. The summed E-state index contributed by atoms with van der Waals surface area (Å²) >= 11 is 0. The van der Waals surface area contributed by atoms with E-state index in [4.69, 9.17) is 10.5 Å². The highest BCUT2D eigenvalue weighted by atomic mass is 16.5. The summed E-state index contributed by atoms with van der Waals surface area (Å²) in [4.78, 5) is 0. The van der Waals surface area contributed by atoms with Crippen molar-refractivity contribution in [1.82, 2.24) is 0 Å². The number of hydrogen-bond acceptors (Lipinski definition) is 2. The topological polar surface area (TPSA) is 35.2 Å². The molecule has 0 bridgehead atoms. The van der Waals surface area contributed by atoms with Gasteiger partial charge in [-0.05, 0) is 43.9 Å². The Balaban J connectivity index is 2.56. The van der Waals surface area contributed by atoms with Crippen molar-refractivity contribution in [2.45, 2.75) is 52.1 Å². The summed E-state index contributed by atoms with van der Waals surface area (Å²) in [5, 5.41) is 0. The van der Waals surface area contributed by atoms with Crippen LogP contribution in [0.1, 0.15) is 46.5 Å². The second-order valence-corrected chi connectivity index (χ2v) is 5.66. The largest absolute Gasteiger partial charge is 0.377 e. The third-order valence-corrected chi connectivity index (χ3v) is 4.07. The maximum Gasteiger partial charge on any atom is 0.0800 e. The van der Waals surface area contributed by atoms with E-state index in [1.165, 1.54) is 25.7 Å². The van der Waals surface area contributed by atoms with Crippen LogP contribution < -0.4 is 5.73 Å². The molecule has 84 valence electrons. The summed E-state index contributed by atoms with van der Waals surface area (Å²) in [6, 6.07) is 0. The Hall–Kier alpha value is -0.0800. The van der Waals surface area contributed by atoms with Crippen LogP contribution in [0.3, 0.4) is 0 Å². The van der Waals surface area contributed by atoms with Gasteiger partial charge < -0.3 is 10.5 Å². The minimum Gasteiger partial charge on any atom is -0.377 e. The molecule has 0 saturated heterocycles. The first-order valence-electron chi connectivity index (χ1n) is 5.69. The molecule has 0 radical (unpaired) electrons. The Bertz CT molecular complexity index is 175. The first-order valence-corrected chi connectivity index (χ1v) is 5.69. The third kappa shape index (κ3) is 2.48. The molecule has 0 aromatic rings. The van der Waals surface area contributed by atoms with E-state index >= 15 is 0 Å². The summed E-state index contributed by atoms with van der Waals surface area (Å²) in [5.41, 5.74) is 6.22. The smallest absolute Gasteiger partial charge is 0.0800 e. The fourth-order valence-electron chi connectivity index (χ4n) is 2.43. The van der Waals surface area contributed by atoms with E-state index in [9.17, 15) is 0 Å². The van der Waals surface area contributed by atoms with Crippen LogP contribution in [0.2, 0.25) is 0 Å². The molecule has 0 aliphatic heterocycles. The summed E-state index contributed by atoms with van der Waals surface area (Å²) < 4.78 is 5.57. The fourth-order valence-corrected chi connectivity index (χ4v) is 2.43. The van der Waals surface area contributed by atoms with Gasteiger partial charge in [0.05, 0.1) is 5.60 Å². The summed E-state index contributed by atoms with van der Waals surface area (Å²) in [6.07, 6.45) is 5.12. The van der Waals surface area contributed by atoms with Gasteiger partial charge in [0.25, 0.3) is 0 Å². The molecular weight excluding hydrogens is 174 g/mol. The van der Waals surface area contributed by atoms with Crippen molar-refractivity contribution in [1.29, 1.82) is 0 Å². The van der Waals surface area contributed by atoms with Gasteiger partial charge in [-0.2, -0.15) is 0 Å². The number of rotatable bonds is 3. The van der Waals surface area contributed by atoms with Gasteiger partial charge in [0.15, 0.2) is 0 Å². The third-order valence-electron chi connectivity index (χ3n) is 4.07. The van der Waals surface area contributed by atoms with Crippen LogP contribution in [0.5, 0.6) is 0 Å². The summed E-state index contributed by atoms with van der Waals surface area (Å²) in [7, 11) is 1.78. The van der Waals surface area contributed by atoms with Gasteiger partial charge in [0.1, 0.15) is 0 Å². The van der Waals surface area contributed by atoms with E-state index in [1.54, 1.807) is 7.11 Å². The maximum absolute atomic E-state index is 5.79. The molecule has 1 aliphatic carbocycles. The normalized spacial score (nSPS) is 27.2. The molecule has 1 rings (SSSR count). The van der Waals surface area contributed by atoms with Gasteiger partial charge in [-0.1, -0.05) is 13.8 Å². The van der Waals surface area contributed by atoms with Crippen LogP contribution in [0.15, 0.2) is 0 Å². The minimum atomic E-state index is -0.101. The second-order valence-electron chi connectivity index (χ2n) is 5.66. The molecule has 14 heavy (non-hydrogen) atoms. The van der Waals surface area contributed by atoms with Gasteiger partial charge in [-0.25, -0.2) is 0 Å². The van der Waals surface area contributed by atoms with Crippen LogP contribution in [0.25, 0.3) is 0 Å². The number of methoxy groups -OCH3 is 1. The SMILES string of the molecule is COC(C)(CN)C1CCC(C)(C)CC1. The molecule has 0 spiro atoms. The molecule has 1 fully saturated rings. The summed E-state index contributed by atoms with van der Waals surface area (Å²) in [5.74, 6) is 0.644. The average Bonchev–Trinajstić information content (AvgIpc) is 2.16. The molecule has 0 aromatic heterocycles. The molecule has 1 atom stereocenters. The lowest BCUT2D eigenvalue weighted by Crippen LogP contribution is -2.46. The van der Waals surface area contributed by atoms with E-state index in [-0.39, 0.29) is 5.60 Å². The lowest BCUT2D eigenvalue weighted by Gasteiger charge is -2.42. The number of hydrogen-bond donors (Lipinski definition) is 1. The van der Waals surface area contributed by atoms with Crippen LogP contribution in [-0.2, 0) is 4.74 Å². The highest BCUT2D eigenvalue weighted by Gasteiger charge is 2.37. The van der Waals surface area contributed by atoms with Crippen molar-refractivity contribution in [2.24, 2.45) is 17.1 Å². The van der Waals surface area contributed by atoms with E-state index in [0.717, 1.165) is 0 Å². The first-order chi connectivity index (χ1) is 6.43.